The first-order chi connectivity index (χ1) is 34.9. The van der Waals surface area contributed by atoms with E-state index in [1.807, 2.05) is 77.4 Å². The number of aliphatic hydroxyl groups is 1. The third-order valence-electron chi connectivity index (χ3n) is 14.2. The van der Waals surface area contributed by atoms with E-state index in [2.05, 4.69) is 78.3 Å². The van der Waals surface area contributed by atoms with Gasteiger partial charge in [-0.2, -0.15) is 0 Å². The summed E-state index contributed by atoms with van der Waals surface area (Å²) in [6.45, 7) is 18.3. The summed E-state index contributed by atoms with van der Waals surface area (Å²) in [4.78, 5) is 77.3. The molecule has 6 aromatic rings. The maximum absolute atomic E-state index is 14.5. The zero-order chi connectivity index (χ0) is 51.9. The number of benzene rings is 2. The number of rotatable bonds is 13. The summed E-state index contributed by atoms with van der Waals surface area (Å²) in [5, 5.41) is 26.8. The second kappa shape index (κ2) is 21.0. The highest BCUT2D eigenvalue weighted by Crippen LogP contribution is 2.40. The molecule has 3 N–H and O–H groups in total. The number of nitrogens with zero attached hydrogens (tertiary/aromatic N) is 9. The number of ether oxygens (including phenoxy) is 1. The number of thiazole rings is 1. The summed E-state index contributed by atoms with van der Waals surface area (Å²) in [5.41, 5.74) is 9.23. The zero-order valence-corrected chi connectivity index (χ0v) is 44.4. The smallest absolute Gasteiger partial charge is 0.305 e. The molecule has 3 aliphatic heterocycles. The lowest BCUT2D eigenvalue weighted by atomic mass is 9.85. The van der Waals surface area contributed by atoms with Gasteiger partial charge in [0.25, 0.3) is 5.91 Å². The first-order valence-corrected chi connectivity index (χ1v) is 26.4. The molecule has 0 aliphatic carbocycles. The average Bonchev–Trinajstić information content (AvgIpc) is 4.16. The van der Waals surface area contributed by atoms with Crippen LogP contribution in [0.1, 0.15) is 114 Å². The number of fused-ring (bicyclic) bond motifs is 3. The molecule has 19 heteroatoms. The predicted octanol–water partition coefficient (Wildman–Crippen LogP) is 7.24. The van der Waals surface area contributed by atoms with E-state index in [1.165, 1.54) is 16.9 Å². The van der Waals surface area contributed by atoms with Crippen LogP contribution in [0, 0.1) is 33.1 Å². The minimum atomic E-state index is -1.02. The highest BCUT2D eigenvalue weighted by atomic mass is 32.1. The number of carbonyl (C=O) groups excluding carboxylic acids is 4. The number of nitrogens with one attached hydrogen (secondary N) is 2. The van der Waals surface area contributed by atoms with Crippen LogP contribution in [-0.4, -0.2) is 122 Å². The molecule has 17 nitrogen and oxygen atoms in total. The minimum absolute atomic E-state index is 0.0312. The maximum Gasteiger partial charge on any atom is 0.305 e. The fourth-order valence-corrected chi connectivity index (χ4v) is 11.9. The van der Waals surface area contributed by atoms with Gasteiger partial charge >= 0.3 is 5.97 Å². The quantitative estimate of drug-likeness (QED) is 0.0982. The van der Waals surface area contributed by atoms with Crippen molar-refractivity contribution in [3.8, 4) is 15.4 Å². The molecule has 2 aromatic carbocycles. The molecule has 3 aliphatic rings. The molecular weight excluding hydrogens is 963 g/mol. The molecule has 2 saturated heterocycles. The predicted molar refractivity (Wildman–Crippen MR) is 284 cm³/mol. The third-order valence-corrected chi connectivity index (χ3v) is 16.4. The van der Waals surface area contributed by atoms with Gasteiger partial charge in [-0.15, -0.1) is 32.9 Å². The summed E-state index contributed by atoms with van der Waals surface area (Å²) >= 11 is 3.27. The topological polar surface area (TPSA) is 200 Å². The number of likely N-dealkylation sites (tertiary alicyclic amines) is 1. The van der Waals surface area contributed by atoms with E-state index in [0.29, 0.717) is 44.2 Å². The third kappa shape index (κ3) is 10.5. The number of aromatic nitrogens is 5. The van der Waals surface area contributed by atoms with Gasteiger partial charge in [-0.3, -0.25) is 28.7 Å². The molecule has 0 saturated carbocycles. The molecule has 2 fully saturated rings. The van der Waals surface area contributed by atoms with Gasteiger partial charge in [0, 0.05) is 67.3 Å². The molecule has 7 heterocycles. The molecule has 0 bridgehead atoms. The Morgan fingerprint density at radius 2 is 1.59 bits per heavy atom. The van der Waals surface area contributed by atoms with Gasteiger partial charge in [-0.25, -0.2) is 9.97 Å². The molecule has 3 amide bonds. The summed E-state index contributed by atoms with van der Waals surface area (Å²) in [6.07, 6.45) is -0.180. The largest absolute Gasteiger partial charge is 0.469 e. The Morgan fingerprint density at radius 3 is 2.26 bits per heavy atom. The van der Waals surface area contributed by atoms with Crippen molar-refractivity contribution < 1.29 is 29.0 Å². The van der Waals surface area contributed by atoms with Crippen molar-refractivity contribution in [2.75, 3.05) is 49.6 Å². The fourth-order valence-electron chi connectivity index (χ4n) is 9.91. The van der Waals surface area contributed by atoms with Crippen LogP contribution in [-0.2, 0) is 19.1 Å². The molecule has 5 atom stereocenters. The van der Waals surface area contributed by atoms with E-state index >= 15 is 0 Å². The summed E-state index contributed by atoms with van der Waals surface area (Å²) in [5.74, 6) is 0.501. The highest BCUT2D eigenvalue weighted by Gasteiger charge is 2.45. The second-order valence-electron chi connectivity index (χ2n) is 20.2. The number of pyridine rings is 1. The second-order valence-corrected chi connectivity index (χ2v) is 22.3. The molecule has 0 unspecified atom stereocenters. The number of carbonyl (C=O) groups is 4. The van der Waals surface area contributed by atoms with E-state index in [-0.39, 0.29) is 43.0 Å². The number of aryl methyl sites for hydroxylation is 3. The van der Waals surface area contributed by atoms with E-state index < -0.39 is 41.5 Å². The monoisotopic (exact) mass is 1030 g/mol. The van der Waals surface area contributed by atoms with Crippen LogP contribution in [0.5, 0.6) is 0 Å². The Balaban J connectivity index is 0.844. The van der Waals surface area contributed by atoms with Gasteiger partial charge in [0.2, 0.25) is 11.8 Å². The number of esters is 1. The molecule has 0 radical (unpaired) electrons. The molecule has 382 valence electrons. The molecule has 9 rings (SSSR count). The van der Waals surface area contributed by atoms with Crippen LogP contribution in [0.25, 0.3) is 15.4 Å². The number of amides is 3. The van der Waals surface area contributed by atoms with E-state index in [1.54, 1.807) is 34.8 Å². The average molecular weight is 1030 g/mol. The van der Waals surface area contributed by atoms with Crippen molar-refractivity contribution in [1.29, 1.82) is 0 Å². The van der Waals surface area contributed by atoms with Gasteiger partial charge in [-0.05, 0) is 87.4 Å². The normalized spacial score (nSPS) is 18.6. The number of aliphatic imine (C=N–C) groups is 1. The number of methoxy groups -OCH3 is 1. The first-order valence-electron chi connectivity index (χ1n) is 24.7. The van der Waals surface area contributed by atoms with Crippen molar-refractivity contribution in [1.82, 2.24) is 40.3 Å². The number of hydrogen-bond donors (Lipinski definition) is 3. The lowest BCUT2D eigenvalue weighted by Crippen LogP contribution is -2.58. The van der Waals surface area contributed by atoms with Crippen molar-refractivity contribution >= 4 is 63.6 Å². The molecule has 0 spiro atoms. The van der Waals surface area contributed by atoms with Crippen LogP contribution in [0.15, 0.2) is 77.2 Å². The number of thiophene rings is 1. The highest BCUT2D eigenvalue weighted by molar-refractivity contribution is 7.15. The lowest BCUT2D eigenvalue weighted by molar-refractivity contribution is -0.142. The number of hydrogen-bond acceptors (Lipinski definition) is 15. The number of aliphatic hydroxyl groups excluding tert-OH is 1. The Kier molecular flexibility index (Phi) is 14.7. The van der Waals surface area contributed by atoms with Crippen molar-refractivity contribution in [2.24, 2.45) is 10.4 Å². The Bertz CT molecular complexity index is 3060. The molecule has 73 heavy (non-hydrogen) atoms. The van der Waals surface area contributed by atoms with Gasteiger partial charge < -0.3 is 35.2 Å². The van der Waals surface area contributed by atoms with Crippen LogP contribution in [0.3, 0.4) is 0 Å². The number of piperazine rings is 1. The Morgan fingerprint density at radius 1 is 0.890 bits per heavy atom. The van der Waals surface area contributed by atoms with Crippen molar-refractivity contribution in [2.45, 2.75) is 105 Å². The summed E-state index contributed by atoms with van der Waals surface area (Å²) < 4.78 is 7.06. The Labute approximate surface area is 433 Å². The number of anilines is 2. The standard InChI is InChI=1S/C54H63N11O6S2/c1-30-33(4)73-53-45(30)46(58-40(21-22-44(67)71-9)49-61-60-34(5)65(49)53)36-17-19-38(20-18-36)62-23-25-63(26-24-62)43-12-10-11-41(57-43)50(68)59-48(54(6,7)8)52(70)64-28-39(66)27-42(64)51(69)56-31(2)35-13-15-37(16-14-35)47-32(3)55-29-72-47/h10-20,29,31,39-40,42,48,66H,21-28H2,1-9H3,(H,56,69)(H,59,68)/t31-,39+,40-,42-,48+/m0/s1. The zero-order valence-electron chi connectivity index (χ0n) is 42.8. The van der Waals surface area contributed by atoms with Crippen LogP contribution >= 0.6 is 22.7 Å². The Hall–Kier alpha value is -6.83. The van der Waals surface area contributed by atoms with Crippen LogP contribution < -0.4 is 20.4 Å². The van der Waals surface area contributed by atoms with E-state index in [0.717, 1.165) is 60.6 Å². The summed E-state index contributed by atoms with van der Waals surface area (Å²) in [7, 11) is 1.39. The van der Waals surface area contributed by atoms with Gasteiger partial charge in [0.15, 0.2) is 5.82 Å². The van der Waals surface area contributed by atoms with Crippen molar-refractivity contribution in [3.63, 3.8) is 0 Å². The number of β-amino-alcohol motifs (C(OH)–C–C–N with tert-alkyl or cyclic N) is 1. The van der Waals surface area contributed by atoms with Crippen LogP contribution in [0.2, 0.25) is 0 Å². The van der Waals surface area contributed by atoms with E-state index in [4.69, 9.17) is 14.7 Å². The van der Waals surface area contributed by atoms with Gasteiger partial charge in [-0.1, -0.05) is 63.2 Å². The maximum atomic E-state index is 14.5. The SMILES string of the molecule is COC(=O)CC[C@@H]1N=C(c2ccc(N3CCN(c4cccc(C(=O)N[C@H](C(=O)N5C[C@H](O)C[C@H]5C(=O)N[C@@H](C)c5ccc(-c6scnc6C)cc5)C(C)(C)C)n4)CC3)cc2)c2c(sc(C)c2C)-n2c(C)nnc21. The lowest BCUT2D eigenvalue weighted by Gasteiger charge is -2.37. The molecular formula is C54H63N11O6S2. The van der Waals surface area contributed by atoms with Gasteiger partial charge in [0.05, 0.1) is 41.0 Å². The minimum Gasteiger partial charge on any atom is -0.469 e. The summed E-state index contributed by atoms with van der Waals surface area (Å²) in [6, 6.07) is 19.1. The fraction of sp³-hybridized carbons (Fsp3) is 0.426. The van der Waals surface area contributed by atoms with Crippen LogP contribution in [0.4, 0.5) is 11.5 Å². The van der Waals surface area contributed by atoms with E-state index in [9.17, 15) is 24.3 Å². The molecule has 4 aromatic heterocycles. The first kappa shape index (κ1) is 51.1. The van der Waals surface area contributed by atoms with Gasteiger partial charge in [0.1, 0.15) is 40.5 Å². The van der Waals surface area contributed by atoms with Crippen molar-refractivity contribution in [3.05, 3.63) is 122 Å².